The van der Waals surface area contributed by atoms with Crippen molar-refractivity contribution in [2.75, 3.05) is 23.9 Å². The molecule has 0 saturated heterocycles. The van der Waals surface area contributed by atoms with Crippen molar-refractivity contribution < 1.29 is 0 Å². The van der Waals surface area contributed by atoms with Gasteiger partial charge in [0.05, 0.1) is 11.4 Å². The summed E-state index contributed by atoms with van der Waals surface area (Å²) < 4.78 is 0.123. The van der Waals surface area contributed by atoms with Crippen LogP contribution in [0.4, 0.5) is 11.5 Å². The average molecular weight is 261 g/mol. The Kier molecular flexibility index (Phi) is 4.27. The molecule has 3 N–H and O–H groups in total. The number of thioether (sulfide) groups is 1. The van der Waals surface area contributed by atoms with Crippen molar-refractivity contribution in [1.29, 1.82) is 0 Å². The van der Waals surface area contributed by atoms with E-state index in [9.17, 15) is 0 Å². The third-order valence-electron chi connectivity index (χ3n) is 2.34. The van der Waals surface area contributed by atoms with Crippen LogP contribution in [0.25, 0.3) is 0 Å². The molecule has 6 heteroatoms. The number of anilines is 2. The van der Waals surface area contributed by atoms with Gasteiger partial charge >= 0.3 is 0 Å². The predicted octanol–water partition coefficient (Wildman–Crippen LogP) is 2.57. The van der Waals surface area contributed by atoms with Gasteiger partial charge in [-0.05, 0) is 38.6 Å². The lowest BCUT2D eigenvalue weighted by Gasteiger charge is -2.23. The summed E-state index contributed by atoms with van der Waals surface area (Å²) in [5.41, 5.74) is 7.12. The summed E-state index contributed by atoms with van der Waals surface area (Å²) in [6.07, 6.45) is 2.07. The van der Waals surface area contributed by atoms with Crippen LogP contribution in [-0.4, -0.2) is 27.5 Å². The molecule has 1 heterocycles. The first-order valence-corrected chi connectivity index (χ1v) is 6.54. The monoisotopic (exact) mass is 260 g/mol. The number of halogens is 1. The zero-order valence-corrected chi connectivity index (χ0v) is 11.5. The van der Waals surface area contributed by atoms with Crippen LogP contribution in [0.3, 0.4) is 0 Å². The van der Waals surface area contributed by atoms with Crippen LogP contribution in [0.5, 0.6) is 0 Å². The number of nitrogens with two attached hydrogens (primary N) is 1. The van der Waals surface area contributed by atoms with E-state index < -0.39 is 0 Å². The molecule has 16 heavy (non-hydrogen) atoms. The molecule has 0 unspecified atom stereocenters. The van der Waals surface area contributed by atoms with Gasteiger partial charge in [-0.3, -0.25) is 0 Å². The van der Waals surface area contributed by atoms with E-state index in [0.29, 0.717) is 17.2 Å². The standard InChI is InChI=1S/C10H17ClN4S/c1-6-7(12)8(15-9(11)14-6)13-5-10(2,3)16-4/h5,12H2,1-4H3,(H,13,14,15). The van der Waals surface area contributed by atoms with E-state index in [1.807, 2.05) is 6.92 Å². The Hall–Kier alpha value is -0.680. The van der Waals surface area contributed by atoms with Gasteiger partial charge in [0.1, 0.15) is 0 Å². The van der Waals surface area contributed by atoms with Crippen LogP contribution in [0, 0.1) is 6.92 Å². The summed E-state index contributed by atoms with van der Waals surface area (Å²) in [7, 11) is 0. The van der Waals surface area contributed by atoms with Crippen molar-refractivity contribution in [3.8, 4) is 0 Å². The molecule has 0 aliphatic carbocycles. The molecule has 1 rings (SSSR count). The van der Waals surface area contributed by atoms with E-state index in [2.05, 4.69) is 35.4 Å². The van der Waals surface area contributed by atoms with Crippen molar-refractivity contribution in [2.45, 2.75) is 25.5 Å². The third-order valence-corrected chi connectivity index (χ3v) is 3.76. The molecule has 0 aliphatic heterocycles. The number of rotatable bonds is 4. The van der Waals surface area contributed by atoms with Gasteiger partial charge in [-0.25, -0.2) is 4.98 Å². The number of nitrogens with one attached hydrogen (secondary N) is 1. The number of hydrogen-bond donors (Lipinski definition) is 2. The lowest BCUT2D eigenvalue weighted by atomic mass is 10.2. The van der Waals surface area contributed by atoms with Gasteiger partial charge in [0.2, 0.25) is 5.28 Å². The molecule has 0 spiro atoms. The van der Waals surface area contributed by atoms with E-state index >= 15 is 0 Å². The highest BCUT2D eigenvalue weighted by atomic mass is 35.5. The van der Waals surface area contributed by atoms with Gasteiger partial charge in [0.15, 0.2) is 5.82 Å². The number of aryl methyl sites for hydroxylation is 1. The Balaban J connectivity index is 2.82. The Morgan fingerprint density at radius 1 is 1.44 bits per heavy atom. The molecule has 0 bridgehead atoms. The molecule has 0 radical (unpaired) electrons. The molecule has 1 aromatic rings. The molecular weight excluding hydrogens is 244 g/mol. The largest absolute Gasteiger partial charge is 0.394 e. The molecule has 0 aromatic carbocycles. The Morgan fingerprint density at radius 2 is 2.06 bits per heavy atom. The molecule has 0 atom stereocenters. The van der Waals surface area contributed by atoms with Gasteiger partial charge in [0, 0.05) is 11.3 Å². The Bertz CT molecular complexity index is 381. The fourth-order valence-electron chi connectivity index (χ4n) is 1.05. The van der Waals surface area contributed by atoms with Gasteiger partial charge in [-0.1, -0.05) is 0 Å². The smallest absolute Gasteiger partial charge is 0.224 e. The van der Waals surface area contributed by atoms with Gasteiger partial charge in [-0.15, -0.1) is 0 Å². The van der Waals surface area contributed by atoms with Crippen molar-refractivity contribution in [2.24, 2.45) is 0 Å². The first-order chi connectivity index (χ1) is 7.35. The Morgan fingerprint density at radius 3 is 2.62 bits per heavy atom. The maximum absolute atomic E-state index is 5.87. The summed E-state index contributed by atoms with van der Waals surface area (Å²) in [6.45, 7) is 6.88. The maximum atomic E-state index is 5.87. The SMILES string of the molecule is CSC(C)(C)CNc1nc(Cl)nc(C)c1N. The molecule has 0 fully saturated rings. The minimum absolute atomic E-state index is 0.123. The van der Waals surface area contributed by atoms with Gasteiger partial charge in [-0.2, -0.15) is 16.7 Å². The highest BCUT2D eigenvalue weighted by Gasteiger charge is 2.17. The second-order valence-corrected chi connectivity index (χ2v) is 6.01. The zero-order chi connectivity index (χ0) is 12.3. The second kappa shape index (κ2) is 5.10. The van der Waals surface area contributed by atoms with Crippen LogP contribution in [0.2, 0.25) is 5.28 Å². The average Bonchev–Trinajstić information content (AvgIpc) is 2.21. The van der Waals surface area contributed by atoms with E-state index in [1.165, 1.54) is 0 Å². The number of nitrogens with zero attached hydrogens (tertiary/aromatic N) is 2. The lowest BCUT2D eigenvalue weighted by molar-refractivity contribution is 0.750. The minimum Gasteiger partial charge on any atom is -0.394 e. The summed E-state index contributed by atoms with van der Waals surface area (Å²) in [4.78, 5) is 8.06. The number of hydrogen-bond acceptors (Lipinski definition) is 5. The molecule has 0 aliphatic rings. The fraction of sp³-hybridized carbons (Fsp3) is 0.600. The molecule has 0 amide bonds. The number of nitrogen functional groups attached to an aromatic ring is 1. The normalized spacial score (nSPS) is 11.6. The van der Waals surface area contributed by atoms with E-state index in [-0.39, 0.29) is 10.0 Å². The van der Waals surface area contributed by atoms with Gasteiger partial charge in [0.25, 0.3) is 0 Å². The molecule has 4 nitrogen and oxygen atoms in total. The first kappa shape index (κ1) is 13.4. The summed E-state index contributed by atoms with van der Waals surface area (Å²) in [6, 6.07) is 0. The third kappa shape index (κ3) is 3.42. The van der Waals surface area contributed by atoms with E-state index in [1.54, 1.807) is 11.8 Å². The topological polar surface area (TPSA) is 63.8 Å². The summed E-state index contributed by atoms with van der Waals surface area (Å²) in [5.74, 6) is 0.611. The van der Waals surface area contributed by atoms with E-state index in [4.69, 9.17) is 17.3 Å². The van der Waals surface area contributed by atoms with Crippen molar-refractivity contribution in [3.05, 3.63) is 11.0 Å². The fourth-order valence-corrected chi connectivity index (χ4v) is 1.48. The van der Waals surface area contributed by atoms with Crippen LogP contribution in [0.1, 0.15) is 19.5 Å². The summed E-state index contributed by atoms with van der Waals surface area (Å²) >= 11 is 7.56. The molecule has 1 aromatic heterocycles. The maximum Gasteiger partial charge on any atom is 0.224 e. The van der Waals surface area contributed by atoms with Crippen LogP contribution >= 0.6 is 23.4 Å². The molecule has 0 saturated carbocycles. The highest BCUT2D eigenvalue weighted by molar-refractivity contribution is 7.99. The van der Waals surface area contributed by atoms with Gasteiger partial charge < -0.3 is 11.1 Å². The van der Waals surface area contributed by atoms with Crippen molar-refractivity contribution in [3.63, 3.8) is 0 Å². The summed E-state index contributed by atoms with van der Waals surface area (Å²) in [5, 5.41) is 3.42. The number of aromatic nitrogens is 2. The van der Waals surface area contributed by atoms with Crippen LogP contribution < -0.4 is 11.1 Å². The zero-order valence-electron chi connectivity index (χ0n) is 9.97. The van der Waals surface area contributed by atoms with Crippen LogP contribution in [0.15, 0.2) is 0 Å². The Labute approximate surface area is 105 Å². The van der Waals surface area contributed by atoms with Crippen LogP contribution in [-0.2, 0) is 0 Å². The van der Waals surface area contributed by atoms with E-state index in [0.717, 1.165) is 6.54 Å². The minimum atomic E-state index is 0.123. The second-order valence-electron chi connectivity index (χ2n) is 4.16. The molecular formula is C10H17ClN4S. The predicted molar refractivity (Wildman–Crippen MR) is 72.3 cm³/mol. The molecule has 90 valence electrons. The van der Waals surface area contributed by atoms with Crippen molar-refractivity contribution >= 4 is 34.9 Å². The first-order valence-electron chi connectivity index (χ1n) is 4.94. The lowest BCUT2D eigenvalue weighted by Crippen LogP contribution is -2.26. The van der Waals surface area contributed by atoms with Crippen molar-refractivity contribution in [1.82, 2.24) is 9.97 Å². The quantitative estimate of drug-likeness (QED) is 0.815. The highest BCUT2D eigenvalue weighted by Crippen LogP contribution is 2.25.